The normalized spacial score (nSPS) is 12.4. The second kappa shape index (κ2) is 6.06. The summed E-state index contributed by atoms with van der Waals surface area (Å²) in [7, 11) is 0. The summed E-state index contributed by atoms with van der Waals surface area (Å²) in [6, 6.07) is 24.6. The summed E-state index contributed by atoms with van der Waals surface area (Å²) < 4.78 is 5.61. The third-order valence-electron chi connectivity index (χ3n) is 4.61. The van der Waals surface area contributed by atoms with Gasteiger partial charge in [0.1, 0.15) is 5.75 Å². The molecule has 0 N–H and O–H groups in total. The van der Waals surface area contributed by atoms with Gasteiger partial charge in [0.25, 0.3) is 0 Å². The Hall–Kier alpha value is -3.13. The molecule has 1 aliphatic rings. The van der Waals surface area contributed by atoms with E-state index in [1.54, 1.807) is 6.92 Å². The predicted molar refractivity (Wildman–Crippen MR) is 99.7 cm³/mol. The molecule has 2 nitrogen and oxygen atoms in total. The zero-order chi connectivity index (χ0) is 17.4. The van der Waals surface area contributed by atoms with Crippen molar-refractivity contribution in [2.24, 2.45) is 0 Å². The van der Waals surface area contributed by atoms with Gasteiger partial charge in [-0.3, -0.25) is 0 Å². The lowest BCUT2D eigenvalue weighted by molar-refractivity contribution is -0.130. The summed E-state index contributed by atoms with van der Waals surface area (Å²) in [6.45, 7) is 5.33. The van der Waals surface area contributed by atoms with E-state index < -0.39 is 5.97 Å². The number of fused-ring (bicyclic) bond motifs is 3. The van der Waals surface area contributed by atoms with Gasteiger partial charge in [0.2, 0.25) is 0 Å². The van der Waals surface area contributed by atoms with Gasteiger partial charge in [0.15, 0.2) is 0 Å². The molecular weight excluding hydrogens is 308 g/mol. The largest absolute Gasteiger partial charge is 0.423 e. The molecule has 1 aliphatic carbocycles. The van der Waals surface area contributed by atoms with Gasteiger partial charge in [-0.25, -0.2) is 4.79 Å². The number of esters is 1. The lowest BCUT2D eigenvalue weighted by atomic mass is 9.89. The van der Waals surface area contributed by atoms with Gasteiger partial charge in [-0.2, -0.15) is 0 Å². The molecule has 122 valence electrons. The lowest BCUT2D eigenvalue weighted by Crippen LogP contribution is -2.11. The molecule has 0 bridgehead atoms. The topological polar surface area (TPSA) is 26.3 Å². The summed E-state index contributed by atoms with van der Waals surface area (Å²) >= 11 is 0. The second-order valence-corrected chi connectivity index (χ2v) is 6.32. The Morgan fingerprint density at radius 2 is 1.28 bits per heavy atom. The van der Waals surface area contributed by atoms with E-state index in [9.17, 15) is 4.79 Å². The Morgan fingerprint density at radius 1 is 0.800 bits per heavy atom. The quantitative estimate of drug-likeness (QED) is 0.289. The van der Waals surface area contributed by atoms with Crippen molar-refractivity contribution in [1.29, 1.82) is 0 Å². The molecule has 4 rings (SSSR count). The Morgan fingerprint density at radius 3 is 1.84 bits per heavy atom. The third kappa shape index (κ3) is 2.56. The van der Waals surface area contributed by atoms with Crippen LogP contribution in [0.5, 0.6) is 5.75 Å². The van der Waals surface area contributed by atoms with Crippen LogP contribution in [-0.4, -0.2) is 5.97 Å². The molecule has 2 heteroatoms. The number of rotatable bonds is 3. The van der Waals surface area contributed by atoms with E-state index in [1.165, 1.54) is 22.3 Å². The van der Waals surface area contributed by atoms with Crippen molar-refractivity contribution in [3.05, 3.63) is 102 Å². The van der Waals surface area contributed by atoms with Crippen LogP contribution in [0.15, 0.2) is 84.9 Å². The summed E-state index contributed by atoms with van der Waals surface area (Å²) in [6.07, 6.45) is 0. The average molecular weight is 326 g/mol. The molecule has 0 fully saturated rings. The second-order valence-electron chi connectivity index (χ2n) is 6.32. The van der Waals surface area contributed by atoms with Gasteiger partial charge in [-0.05, 0) is 35.2 Å². The van der Waals surface area contributed by atoms with Crippen molar-refractivity contribution in [2.45, 2.75) is 12.8 Å². The SMILES string of the molecule is C=C(C)C(=O)Oc1ccccc1C1c2ccccc2-c2ccccc21. The summed E-state index contributed by atoms with van der Waals surface area (Å²) in [5.74, 6) is 0.251. The van der Waals surface area contributed by atoms with E-state index in [1.807, 2.05) is 24.3 Å². The molecule has 0 saturated carbocycles. The highest BCUT2D eigenvalue weighted by atomic mass is 16.5. The first-order chi connectivity index (χ1) is 12.2. The molecule has 0 saturated heterocycles. The number of carbonyl (C=O) groups excluding carboxylic acids is 1. The van der Waals surface area contributed by atoms with Gasteiger partial charge in [0.05, 0.1) is 0 Å². The molecule has 0 aliphatic heterocycles. The van der Waals surface area contributed by atoms with Crippen LogP contribution in [0.25, 0.3) is 11.1 Å². The maximum Gasteiger partial charge on any atom is 0.338 e. The Balaban J connectivity index is 1.88. The maximum atomic E-state index is 12.0. The van der Waals surface area contributed by atoms with Gasteiger partial charge in [-0.1, -0.05) is 73.3 Å². The molecular formula is C23H18O2. The zero-order valence-electron chi connectivity index (χ0n) is 14.0. The minimum absolute atomic E-state index is 0.0570. The number of hydrogen-bond acceptors (Lipinski definition) is 2. The zero-order valence-corrected chi connectivity index (χ0v) is 14.0. The highest BCUT2D eigenvalue weighted by Gasteiger charge is 2.31. The van der Waals surface area contributed by atoms with Gasteiger partial charge in [0, 0.05) is 17.1 Å². The van der Waals surface area contributed by atoms with E-state index >= 15 is 0 Å². The van der Waals surface area contributed by atoms with Crippen LogP contribution in [0.3, 0.4) is 0 Å². The third-order valence-corrected chi connectivity index (χ3v) is 4.61. The summed E-state index contributed by atoms with van der Waals surface area (Å²) in [4.78, 5) is 12.0. The van der Waals surface area contributed by atoms with E-state index in [0.29, 0.717) is 11.3 Å². The molecule has 3 aromatic rings. The maximum absolute atomic E-state index is 12.0. The van der Waals surface area contributed by atoms with Crippen LogP contribution >= 0.6 is 0 Å². The van der Waals surface area contributed by atoms with Crippen LogP contribution < -0.4 is 4.74 Å². The first-order valence-corrected chi connectivity index (χ1v) is 8.31. The van der Waals surface area contributed by atoms with Crippen LogP contribution in [0.4, 0.5) is 0 Å². The highest BCUT2D eigenvalue weighted by Crippen LogP contribution is 2.49. The first-order valence-electron chi connectivity index (χ1n) is 8.31. The van der Waals surface area contributed by atoms with Crippen molar-refractivity contribution in [3.8, 4) is 16.9 Å². The van der Waals surface area contributed by atoms with E-state index in [-0.39, 0.29) is 5.92 Å². The summed E-state index contributed by atoms with van der Waals surface area (Å²) in [5, 5.41) is 0. The number of benzene rings is 3. The molecule has 0 atom stereocenters. The van der Waals surface area contributed by atoms with Crippen molar-refractivity contribution in [1.82, 2.24) is 0 Å². The highest BCUT2D eigenvalue weighted by molar-refractivity contribution is 5.89. The number of ether oxygens (including phenoxy) is 1. The standard InChI is InChI=1S/C23H18O2/c1-15(2)23(24)25-21-14-8-7-13-20(21)22-18-11-5-3-9-16(18)17-10-4-6-12-19(17)22/h3-14,22H,1H2,2H3. The monoisotopic (exact) mass is 326 g/mol. The van der Waals surface area contributed by atoms with Gasteiger partial charge >= 0.3 is 5.97 Å². The molecule has 0 spiro atoms. The lowest BCUT2D eigenvalue weighted by Gasteiger charge is -2.18. The molecule has 0 aromatic heterocycles. The molecule has 0 amide bonds. The molecule has 0 heterocycles. The first kappa shape index (κ1) is 15.4. The predicted octanol–water partition coefficient (Wildman–Crippen LogP) is 5.33. The van der Waals surface area contributed by atoms with Crippen molar-refractivity contribution in [2.75, 3.05) is 0 Å². The van der Waals surface area contributed by atoms with Crippen LogP contribution in [0, 0.1) is 0 Å². The molecule has 25 heavy (non-hydrogen) atoms. The number of hydrogen-bond donors (Lipinski definition) is 0. The Labute approximate surface area is 147 Å². The fourth-order valence-electron chi connectivity index (χ4n) is 3.49. The number of para-hydroxylation sites is 1. The molecule has 0 unspecified atom stereocenters. The minimum Gasteiger partial charge on any atom is -0.423 e. The Bertz CT molecular complexity index is 939. The van der Waals surface area contributed by atoms with E-state index in [0.717, 1.165) is 5.56 Å². The summed E-state index contributed by atoms with van der Waals surface area (Å²) in [5.41, 5.74) is 6.34. The average Bonchev–Trinajstić information content (AvgIpc) is 2.97. The van der Waals surface area contributed by atoms with Crippen LogP contribution in [-0.2, 0) is 4.79 Å². The van der Waals surface area contributed by atoms with Gasteiger partial charge in [-0.15, -0.1) is 0 Å². The molecule has 3 aromatic carbocycles. The van der Waals surface area contributed by atoms with Crippen LogP contribution in [0.2, 0.25) is 0 Å². The fourth-order valence-corrected chi connectivity index (χ4v) is 3.49. The van der Waals surface area contributed by atoms with Gasteiger partial charge < -0.3 is 4.74 Å². The molecule has 0 radical (unpaired) electrons. The Kier molecular flexibility index (Phi) is 3.73. The minimum atomic E-state index is -0.396. The fraction of sp³-hybridized carbons (Fsp3) is 0.0870. The van der Waals surface area contributed by atoms with Crippen molar-refractivity contribution in [3.63, 3.8) is 0 Å². The van der Waals surface area contributed by atoms with Crippen molar-refractivity contribution < 1.29 is 9.53 Å². The van der Waals surface area contributed by atoms with Crippen molar-refractivity contribution >= 4 is 5.97 Å². The number of carbonyl (C=O) groups is 1. The van der Waals surface area contributed by atoms with Crippen LogP contribution in [0.1, 0.15) is 29.5 Å². The van der Waals surface area contributed by atoms with E-state index in [2.05, 4.69) is 55.1 Å². The van der Waals surface area contributed by atoms with E-state index in [4.69, 9.17) is 4.74 Å². The smallest absolute Gasteiger partial charge is 0.338 e.